The van der Waals surface area contributed by atoms with Crippen LogP contribution >= 0.6 is 36.2 Å². The normalized spacial score (nSPS) is 16.2. The summed E-state index contributed by atoms with van der Waals surface area (Å²) in [4.78, 5) is 4.34. The molecule has 1 aromatic heterocycles. The summed E-state index contributed by atoms with van der Waals surface area (Å²) in [7, 11) is 0. The van der Waals surface area contributed by atoms with Crippen molar-refractivity contribution in [3.05, 3.63) is 52.0 Å². The highest BCUT2D eigenvalue weighted by Crippen LogP contribution is 2.36. The van der Waals surface area contributed by atoms with E-state index in [0.29, 0.717) is 0 Å². The summed E-state index contributed by atoms with van der Waals surface area (Å²) in [5.41, 5.74) is 6.07. The first kappa shape index (κ1) is 20.4. The summed E-state index contributed by atoms with van der Waals surface area (Å²) < 4.78 is 5.60. The lowest BCUT2D eigenvalue weighted by atomic mass is 9.72. The fourth-order valence-electron chi connectivity index (χ4n) is 3.23. The molecule has 1 fully saturated rings. The van der Waals surface area contributed by atoms with Crippen molar-refractivity contribution in [2.45, 2.75) is 31.7 Å². The Morgan fingerprint density at radius 3 is 2.61 bits per heavy atom. The summed E-state index contributed by atoms with van der Waals surface area (Å²) in [6, 6.07) is 8.77. The van der Waals surface area contributed by atoms with E-state index >= 15 is 0 Å². The average molecular weight is 375 g/mol. The highest BCUT2D eigenvalue weighted by Gasteiger charge is 2.35. The second kappa shape index (κ2) is 9.60. The van der Waals surface area contributed by atoms with Crippen molar-refractivity contribution in [2.24, 2.45) is 0 Å². The Balaban J connectivity index is 0.00000132. The van der Waals surface area contributed by atoms with Crippen LogP contribution in [-0.2, 0) is 16.7 Å². The molecular weight excluding hydrogens is 351 g/mol. The molecule has 1 saturated heterocycles. The van der Waals surface area contributed by atoms with Gasteiger partial charge in [0.15, 0.2) is 0 Å². The molecule has 0 amide bonds. The van der Waals surface area contributed by atoms with Crippen molar-refractivity contribution in [2.75, 3.05) is 19.8 Å². The molecule has 1 aliphatic rings. The Labute approximate surface area is 154 Å². The third-order valence-corrected chi connectivity index (χ3v) is 5.05. The Morgan fingerprint density at radius 1 is 1.22 bits per heavy atom. The number of benzene rings is 1. The van der Waals surface area contributed by atoms with E-state index in [1.165, 1.54) is 11.1 Å². The Bertz CT molecular complexity index is 572. The molecule has 0 spiro atoms. The number of nitrogens with zero attached hydrogens (tertiary/aromatic N) is 1. The van der Waals surface area contributed by atoms with Gasteiger partial charge in [0.2, 0.25) is 0 Å². The first-order valence-electron chi connectivity index (χ1n) is 7.52. The van der Waals surface area contributed by atoms with Crippen LogP contribution in [0, 0.1) is 6.92 Å². The van der Waals surface area contributed by atoms with Gasteiger partial charge in [-0.25, -0.2) is 4.98 Å². The van der Waals surface area contributed by atoms with Gasteiger partial charge in [0.25, 0.3) is 0 Å². The Hall–Kier alpha value is -0.650. The van der Waals surface area contributed by atoms with Crippen LogP contribution < -0.4 is 5.32 Å². The van der Waals surface area contributed by atoms with E-state index in [9.17, 15) is 0 Å². The lowest BCUT2D eigenvalue weighted by Crippen LogP contribution is -2.43. The van der Waals surface area contributed by atoms with Gasteiger partial charge in [-0.1, -0.05) is 24.3 Å². The maximum Gasteiger partial charge on any atom is 0.0795 e. The van der Waals surface area contributed by atoms with Crippen molar-refractivity contribution >= 4 is 36.2 Å². The third kappa shape index (κ3) is 4.91. The molecule has 2 aromatic rings. The van der Waals surface area contributed by atoms with Crippen LogP contribution in [0.25, 0.3) is 0 Å². The number of thiazole rings is 1. The molecule has 6 heteroatoms. The molecule has 0 saturated carbocycles. The highest BCUT2D eigenvalue weighted by molar-refractivity contribution is 7.07. The monoisotopic (exact) mass is 374 g/mol. The Kier molecular flexibility index (Phi) is 8.51. The quantitative estimate of drug-likeness (QED) is 0.853. The maximum atomic E-state index is 5.60. The van der Waals surface area contributed by atoms with Gasteiger partial charge < -0.3 is 10.1 Å². The van der Waals surface area contributed by atoms with Crippen molar-refractivity contribution in [3.63, 3.8) is 0 Å². The van der Waals surface area contributed by atoms with Crippen LogP contribution in [-0.4, -0.2) is 24.7 Å². The molecule has 0 radical (unpaired) electrons. The number of halogens is 2. The van der Waals surface area contributed by atoms with Crippen LogP contribution in [0.1, 0.15) is 29.7 Å². The topological polar surface area (TPSA) is 34.2 Å². The second-order valence-corrected chi connectivity index (χ2v) is 6.51. The highest BCUT2D eigenvalue weighted by atomic mass is 35.5. The molecule has 0 unspecified atom stereocenters. The number of hydrogen-bond acceptors (Lipinski definition) is 4. The molecule has 3 nitrogen and oxygen atoms in total. The summed E-state index contributed by atoms with van der Waals surface area (Å²) in [6.07, 6.45) is 2.17. The van der Waals surface area contributed by atoms with Gasteiger partial charge in [-0.3, -0.25) is 0 Å². The van der Waals surface area contributed by atoms with Crippen LogP contribution in [0.4, 0.5) is 0 Å². The fourth-order valence-corrected chi connectivity index (χ4v) is 3.78. The number of aryl methyl sites for hydroxylation is 1. The predicted octanol–water partition coefficient (Wildman–Crippen LogP) is 4.13. The van der Waals surface area contributed by atoms with Crippen LogP contribution in [0.15, 0.2) is 35.2 Å². The average Bonchev–Trinajstić information content (AvgIpc) is 3.02. The van der Waals surface area contributed by atoms with E-state index < -0.39 is 0 Å². The number of rotatable bonds is 5. The first-order chi connectivity index (χ1) is 10.3. The van der Waals surface area contributed by atoms with Gasteiger partial charge in [-0.2, -0.15) is 0 Å². The van der Waals surface area contributed by atoms with Crippen LogP contribution in [0.2, 0.25) is 0 Å². The van der Waals surface area contributed by atoms with Crippen molar-refractivity contribution in [3.8, 4) is 0 Å². The van der Waals surface area contributed by atoms with Gasteiger partial charge in [0.1, 0.15) is 0 Å². The first-order valence-corrected chi connectivity index (χ1v) is 8.46. The van der Waals surface area contributed by atoms with Crippen LogP contribution in [0.5, 0.6) is 0 Å². The van der Waals surface area contributed by atoms with Gasteiger partial charge in [0, 0.05) is 37.1 Å². The minimum absolute atomic E-state index is 0. The predicted molar refractivity (Wildman–Crippen MR) is 101 cm³/mol. The van der Waals surface area contributed by atoms with Crippen molar-refractivity contribution in [1.29, 1.82) is 0 Å². The van der Waals surface area contributed by atoms with E-state index in [-0.39, 0.29) is 30.2 Å². The van der Waals surface area contributed by atoms with E-state index in [4.69, 9.17) is 4.74 Å². The fraction of sp³-hybridized carbons (Fsp3) is 0.471. The zero-order valence-corrected chi connectivity index (χ0v) is 15.7. The molecule has 1 aromatic carbocycles. The summed E-state index contributed by atoms with van der Waals surface area (Å²) in [5, 5.41) is 5.72. The third-order valence-electron chi connectivity index (χ3n) is 4.42. The Morgan fingerprint density at radius 2 is 1.96 bits per heavy atom. The van der Waals surface area contributed by atoms with Gasteiger partial charge in [-0.05, 0) is 30.9 Å². The second-order valence-electron chi connectivity index (χ2n) is 5.79. The van der Waals surface area contributed by atoms with Crippen molar-refractivity contribution < 1.29 is 4.74 Å². The molecule has 3 rings (SSSR count). The number of aromatic nitrogens is 1. The molecule has 0 atom stereocenters. The molecule has 0 bridgehead atoms. The number of hydrogen-bond donors (Lipinski definition) is 1. The molecule has 23 heavy (non-hydrogen) atoms. The minimum Gasteiger partial charge on any atom is -0.381 e. The number of nitrogens with one attached hydrogen (secondary N) is 1. The lowest BCUT2D eigenvalue weighted by Gasteiger charge is -2.39. The zero-order chi connectivity index (χ0) is 14.5. The van der Waals surface area contributed by atoms with Gasteiger partial charge >= 0.3 is 0 Å². The zero-order valence-electron chi connectivity index (χ0n) is 13.3. The molecule has 0 aliphatic carbocycles. The van der Waals surface area contributed by atoms with E-state index in [1.807, 2.05) is 5.51 Å². The lowest BCUT2D eigenvalue weighted by molar-refractivity contribution is 0.0495. The van der Waals surface area contributed by atoms with Gasteiger partial charge in [-0.15, -0.1) is 36.2 Å². The van der Waals surface area contributed by atoms with E-state index in [0.717, 1.165) is 44.8 Å². The molecule has 1 N–H and O–H groups in total. The van der Waals surface area contributed by atoms with Gasteiger partial charge in [0.05, 0.1) is 11.2 Å². The summed E-state index contributed by atoms with van der Waals surface area (Å²) in [5.74, 6) is 0. The molecular formula is C17H24Cl2N2OS. The summed E-state index contributed by atoms with van der Waals surface area (Å²) >= 11 is 1.65. The largest absolute Gasteiger partial charge is 0.381 e. The molecule has 128 valence electrons. The van der Waals surface area contributed by atoms with Crippen LogP contribution in [0.3, 0.4) is 0 Å². The van der Waals surface area contributed by atoms with E-state index in [1.54, 1.807) is 11.3 Å². The molecule has 1 aliphatic heterocycles. The minimum atomic E-state index is 0. The standard InChI is InChI=1S/C17H22N2OS.2ClH/c1-14-4-2-3-5-16(14)17(6-8-20-9-7-17)12-18-10-15-11-21-13-19-15;;/h2-5,11,13,18H,6-10,12H2,1H3;2*1H. The SMILES string of the molecule is Cc1ccccc1C1(CNCc2cscn2)CCOCC1.Cl.Cl. The maximum absolute atomic E-state index is 5.60. The summed E-state index contributed by atoms with van der Waals surface area (Å²) in [6.45, 7) is 5.75. The number of ether oxygens (including phenoxy) is 1. The van der Waals surface area contributed by atoms with E-state index in [2.05, 4.69) is 46.9 Å². The van der Waals surface area contributed by atoms with Crippen molar-refractivity contribution in [1.82, 2.24) is 10.3 Å². The molecule has 2 heterocycles. The smallest absolute Gasteiger partial charge is 0.0795 e.